The van der Waals surface area contributed by atoms with Crippen molar-refractivity contribution >= 4 is 35.0 Å². The van der Waals surface area contributed by atoms with Crippen LogP contribution in [0.2, 0.25) is 0 Å². The second kappa shape index (κ2) is 11.9. The van der Waals surface area contributed by atoms with E-state index >= 15 is 0 Å². The molecule has 1 unspecified atom stereocenters. The van der Waals surface area contributed by atoms with Crippen molar-refractivity contribution in [1.29, 1.82) is 0 Å². The molecule has 0 saturated heterocycles. The fourth-order valence-electron chi connectivity index (χ4n) is 6.81. The lowest BCUT2D eigenvalue weighted by atomic mass is 9.58. The minimum Gasteiger partial charge on any atom is -0.510 e. The zero-order chi connectivity index (χ0) is 32.0. The molecule has 4 rings (SSSR count). The summed E-state index contributed by atoms with van der Waals surface area (Å²) in [5.74, 6) is -6.10. The topological polar surface area (TPSA) is 140 Å². The van der Waals surface area contributed by atoms with E-state index in [1.807, 2.05) is 32.0 Å². The van der Waals surface area contributed by atoms with E-state index in [9.17, 15) is 29.1 Å². The Morgan fingerprint density at radius 2 is 1.72 bits per heavy atom. The van der Waals surface area contributed by atoms with Crippen LogP contribution in [0.25, 0.3) is 0 Å². The number of nitrogens with zero attached hydrogens (tertiary/aromatic N) is 2. The molecule has 0 saturated carbocycles. The first kappa shape index (κ1) is 31.9. The van der Waals surface area contributed by atoms with Gasteiger partial charge in [-0.25, -0.2) is 0 Å². The van der Waals surface area contributed by atoms with Crippen molar-refractivity contribution in [1.82, 2.24) is 4.90 Å². The number of unbranched alkanes of at least 4 members (excludes halogenated alkanes) is 1. The van der Waals surface area contributed by atoms with Gasteiger partial charge < -0.3 is 24.2 Å². The number of benzene rings is 1. The van der Waals surface area contributed by atoms with Gasteiger partial charge in [-0.2, -0.15) is 0 Å². The number of likely N-dealkylation sites (N-methyl/N-ethyl adjacent to an activating group) is 1. The smallest absolute Gasteiger partial charge is 0.307 e. The van der Waals surface area contributed by atoms with Crippen LogP contribution in [0, 0.1) is 11.8 Å². The molecule has 0 fully saturated rings. The largest absolute Gasteiger partial charge is 0.510 e. The third-order valence-corrected chi connectivity index (χ3v) is 8.40. The van der Waals surface area contributed by atoms with E-state index in [0.717, 1.165) is 44.9 Å². The lowest BCUT2D eigenvalue weighted by molar-refractivity contribution is -0.180. The summed E-state index contributed by atoms with van der Waals surface area (Å²) in [6, 6.07) is 2.64. The third-order valence-electron chi connectivity index (χ3n) is 8.40. The molecule has 1 N–H and O–H groups in total. The van der Waals surface area contributed by atoms with E-state index in [2.05, 4.69) is 0 Å². The predicted octanol–water partition coefficient (Wildman–Crippen LogP) is 3.34. The van der Waals surface area contributed by atoms with Crippen molar-refractivity contribution in [2.45, 2.75) is 65.0 Å². The Morgan fingerprint density at radius 3 is 2.26 bits per heavy atom. The van der Waals surface area contributed by atoms with Crippen LogP contribution in [-0.4, -0.2) is 85.7 Å². The number of hydrogen-bond acceptors (Lipinski definition) is 11. The van der Waals surface area contributed by atoms with Gasteiger partial charge in [-0.3, -0.25) is 28.9 Å². The van der Waals surface area contributed by atoms with Crippen LogP contribution in [0.1, 0.15) is 62.9 Å². The van der Waals surface area contributed by atoms with Crippen molar-refractivity contribution in [3.05, 3.63) is 45.9 Å². The quantitative estimate of drug-likeness (QED) is 0.255. The van der Waals surface area contributed by atoms with Crippen molar-refractivity contribution in [3.63, 3.8) is 0 Å². The molecule has 11 heteroatoms. The van der Waals surface area contributed by atoms with Crippen molar-refractivity contribution in [2.24, 2.45) is 11.8 Å². The average molecular weight is 597 g/mol. The highest BCUT2D eigenvalue weighted by atomic mass is 16.6. The van der Waals surface area contributed by atoms with Crippen molar-refractivity contribution in [3.8, 4) is 5.75 Å². The normalized spacial score (nSPS) is 24.7. The van der Waals surface area contributed by atoms with Crippen LogP contribution in [0.15, 0.2) is 34.8 Å². The number of anilines is 1. The first-order valence-electron chi connectivity index (χ1n) is 14.5. The van der Waals surface area contributed by atoms with E-state index in [0.29, 0.717) is 18.8 Å². The summed E-state index contributed by atoms with van der Waals surface area (Å²) >= 11 is 0. The van der Waals surface area contributed by atoms with E-state index in [1.54, 1.807) is 25.1 Å². The van der Waals surface area contributed by atoms with Gasteiger partial charge in [0.25, 0.3) is 0 Å². The van der Waals surface area contributed by atoms with Crippen molar-refractivity contribution in [2.75, 3.05) is 39.7 Å². The minimum atomic E-state index is -2.35. The summed E-state index contributed by atoms with van der Waals surface area (Å²) in [4.78, 5) is 70.6. The second-order valence-corrected chi connectivity index (χ2v) is 11.8. The Hall–Kier alpha value is -3.99. The maximum Gasteiger partial charge on any atom is 0.307 e. The fraction of sp³-hybridized carbons (Fsp3) is 0.531. The molecule has 4 atom stereocenters. The zero-order valence-corrected chi connectivity index (χ0v) is 26.0. The molecule has 1 aromatic rings. The van der Waals surface area contributed by atoms with Crippen LogP contribution < -0.4 is 9.64 Å². The van der Waals surface area contributed by atoms with Gasteiger partial charge in [-0.15, -0.1) is 0 Å². The fourth-order valence-corrected chi connectivity index (χ4v) is 6.81. The van der Waals surface area contributed by atoms with E-state index < -0.39 is 69.9 Å². The van der Waals surface area contributed by atoms with Gasteiger partial charge in [-0.1, -0.05) is 13.3 Å². The first-order valence-corrected chi connectivity index (χ1v) is 14.5. The van der Waals surface area contributed by atoms with Crippen LogP contribution in [0.5, 0.6) is 5.75 Å². The van der Waals surface area contributed by atoms with Crippen molar-refractivity contribution < 1.29 is 43.3 Å². The number of aliphatic hydroxyl groups is 1. The summed E-state index contributed by atoms with van der Waals surface area (Å²) < 4.78 is 17.6. The second-order valence-electron chi connectivity index (χ2n) is 11.8. The van der Waals surface area contributed by atoms with Crippen LogP contribution in [-0.2, 0) is 35.1 Å². The van der Waals surface area contributed by atoms with Gasteiger partial charge in [0.15, 0.2) is 17.3 Å². The number of ketones is 3. The summed E-state index contributed by atoms with van der Waals surface area (Å²) in [7, 11) is 7.05. The van der Waals surface area contributed by atoms with Gasteiger partial charge in [0.2, 0.25) is 11.4 Å². The van der Waals surface area contributed by atoms with E-state index in [-0.39, 0.29) is 17.6 Å². The average Bonchev–Trinajstić information content (AvgIpc) is 2.88. The molecule has 232 valence electrons. The number of esters is 2. The molecule has 11 nitrogen and oxygen atoms in total. The molecular formula is C32H40N2O9. The lowest BCUT2D eigenvalue weighted by Gasteiger charge is -2.52. The Bertz CT molecular complexity index is 1450. The molecule has 0 spiro atoms. The Kier molecular flexibility index (Phi) is 8.87. The lowest BCUT2D eigenvalue weighted by Crippen LogP contribution is -2.65. The van der Waals surface area contributed by atoms with Gasteiger partial charge >= 0.3 is 11.9 Å². The highest BCUT2D eigenvalue weighted by molar-refractivity contribution is 6.25. The standard InChI is InChI=1S/C32H40N2O9/c1-9-10-13-41-23-12-11-22(33(5)6)20-14-19-15-21-27(34(7)8)29(39)24(16(2)35)30(40)32(21,43-18(4)37)31(42-17(3)36)25(19)28(38)26(20)23/h11-12,19,21,27,39H,9-10,13-15H2,1-8H3/t19-,21-,27?,32+/m0/s1. The Labute approximate surface area is 251 Å². The van der Waals surface area contributed by atoms with Gasteiger partial charge in [0.05, 0.1) is 18.2 Å². The summed E-state index contributed by atoms with van der Waals surface area (Å²) in [6.07, 6.45) is 2.08. The van der Waals surface area contributed by atoms with Gasteiger partial charge in [-0.05, 0) is 63.9 Å². The molecular weight excluding hydrogens is 556 g/mol. The molecule has 1 aromatic carbocycles. The van der Waals surface area contributed by atoms with Gasteiger partial charge in [0.1, 0.15) is 17.1 Å². The molecule has 0 heterocycles. The first-order chi connectivity index (χ1) is 20.2. The maximum atomic E-state index is 14.6. The Morgan fingerprint density at radius 1 is 1.05 bits per heavy atom. The SMILES string of the molecule is CCCCOc1ccc(N(C)C)c2c1C(=O)C1=C(OC(C)=O)[C@]3(OC(C)=O)C(=O)C(C(C)=O)=C(O)C(N(C)C)[C@@H]3C[C@@H]1C2. The monoisotopic (exact) mass is 596 g/mol. The zero-order valence-electron chi connectivity index (χ0n) is 26.0. The van der Waals surface area contributed by atoms with E-state index in [4.69, 9.17) is 14.2 Å². The number of carbonyl (C=O) groups is 5. The number of Topliss-reactive ketones (excluding diaryl/α,β-unsaturated/α-hetero) is 3. The number of carbonyl (C=O) groups excluding carboxylic acids is 5. The van der Waals surface area contributed by atoms with Crippen LogP contribution in [0.3, 0.4) is 0 Å². The maximum absolute atomic E-state index is 14.6. The molecule has 0 aromatic heterocycles. The number of allylic oxidation sites excluding steroid dienone is 1. The predicted molar refractivity (Wildman–Crippen MR) is 157 cm³/mol. The van der Waals surface area contributed by atoms with Gasteiger partial charge in [0, 0.05) is 45.1 Å². The highest BCUT2D eigenvalue weighted by Crippen LogP contribution is 2.55. The number of ether oxygens (including phenoxy) is 3. The van der Waals surface area contributed by atoms with Crippen LogP contribution >= 0.6 is 0 Å². The number of aliphatic hydroxyl groups excluding tert-OH is 1. The third kappa shape index (κ3) is 5.24. The minimum absolute atomic E-state index is 0.0200. The summed E-state index contributed by atoms with van der Waals surface area (Å²) in [6.45, 7) is 5.74. The molecule has 0 amide bonds. The molecule has 0 radical (unpaired) electrons. The molecule has 0 aliphatic heterocycles. The molecule has 0 bridgehead atoms. The summed E-state index contributed by atoms with van der Waals surface area (Å²) in [5.41, 5.74) is -1.06. The molecule has 3 aliphatic rings. The Balaban J connectivity index is 2.10. The molecule has 43 heavy (non-hydrogen) atoms. The number of fused-ring (bicyclic) bond motifs is 3. The van der Waals surface area contributed by atoms with E-state index in [1.165, 1.54) is 0 Å². The number of rotatable bonds is 9. The highest BCUT2D eigenvalue weighted by Gasteiger charge is 2.67. The molecule has 3 aliphatic carbocycles. The van der Waals surface area contributed by atoms with Crippen LogP contribution in [0.4, 0.5) is 5.69 Å². The number of hydrogen-bond donors (Lipinski definition) is 1. The summed E-state index contributed by atoms with van der Waals surface area (Å²) in [5, 5.41) is 11.3.